The highest BCUT2D eigenvalue weighted by molar-refractivity contribution is 5.81. The van der Waals surface area contributed by atoms with Crippen molar-refractivity contribution < 1.29 is 19.1 Å². The molecule has 1 fully saturated rings. The summed E-state index contributed by atoms with van der Waals surface area (Å²) < 4.78 is 8.28. The Morgan fingerprint density at radius 1 is 0.778 bits per heavy atom. The van der Waals surface area contributed by atoms with Gasteiger partial charge < -0.3 is 9.47 Å². The second kappa shape index (κ2) is 15.4. The Bertz CT molecular complexity index is 211. The van der Waals surface area contributed by atoms with Gasteiger partial charge in [-0.2, -0.15) is 0 Å². The minimum atomic E-state index is -0.394. The van der Waals surface area contributed by atoms with Gasteiger partial charge in [-0.15, -0.1) is 0 Å². The largest absolute Gasteiger partial charge is 0.466 e. The first-order valence-corrected chi connectivity index (χ1v) is 6.03. The van der Waals surface area contributed by atoms with E-state index in [-0.39, 0.29) is 0 Å². The molecule has 0 unspecified atom stereocenters. The van der Waals surface area contributed by atoms with Crippen molar-refractivity contribution in [2.24, 2.45) is 0 Å². The summed E-state index contributed by atoms with van der Waals surface area (Å²) in [6.07, 6.45) is 11.2. The number of hydrogen-bond acceptors (Lipinski definition) is 4. The molecule has 0 heterocycles. The molecule has 0 spiro atoms. The third-order valence-electron chi connectivity index (χ3n) is 2.24. The average molecular weight is 256 g/mol. The number of esters is 2. The van der Waals surface area contributed by atoms with Gasteiger partial charge in [0.15, 0.2) is 0 Å². The van der Waals surface area contributed by atoms with Crippen LogP contribution in [-0.4, -0.2) is 26.2 Å². The molecular formula is C14H24O4. The Labute approximate surface area is 110 Å². The lowest BCUT2D eigenvalue weighted by atomic mass is 10.0. The second-order valence-corrected chi connectivity index (χ2v) is 3.58. The van der Waals surface area contributed by atoms with Crippen LogP contribution in [0.15, 0.2) is 25.3 Å². The Morgan fingerprint density at radius 2 is 1.00 bits per heavy atom. The number of carbonyl (C=O) groups is 2. The van der Waals surface area contributed by atoms with E-state index < -0.39 is 11.9 Å². The van der Waals surface area contributed by atoms with E-state index in [1.54, 1.807) is 0 Å². The van der Waals surface area contributed by atoms with Crippen molar-refractivity contribution in [2.45, 2.75) is 38.5 Å². The van der Waals surface area contributed by atoms with E-state index in [1.165, 1.54) is 52.7 Å². The van der Waals surface area contributed by atoms with E-state index in [2.05, 4.69) is 22.6 Å². The van der Waals surface area contributed by atoms with Gasteiger partial charge in [0.2, 0.25) is 0 Å². The van der Waals surface area contributed by atoms with E-state index in [9.17, 15) is 9.59 Å². The normalized spacial score (nSPS) is 12.6. The number of rotatable bonds is 2. The quantitative estimate of drug-likeness (QED) is 0.563. The predicted molar refractivity (Wildman–Crippen MR) is 72.1 cm³/mol. The highest BCUT2D eigenvalue weighted by atomic mass is 16.5. The lowest BCUT2D eigenvalue weighted by Crippen LogP contribution is -1.91. The topological polar surface area (TPSA) is 52.6 Å². The van der Waals surface area contributed by atoms with Crippen molar-refractivity contribution in [1.29, 1.82) is 0 Å². The molecule has 0 atom stereocenters. The molecule has 0 bridgehead atoms. The molecule has 1 saturated carbocycles. The van der Waals surface area contributed by atoms with E-state index in [4.69, 9.17) is 0 Å². The van der Waals surface area contributed by atoms with Crippen molar-refractivity contribution in [3.8, 4) is 0 Å². The maximum atomic E-state index is 9.84. The zero-order chi connectivity index (χ0) is 14.2. The van der Waals surface area contributed by atoms with E-state index in [0.29, 0.717) is 0 Å². The molecular weight excluding hydrogens is 232 g/mol. The van der Waals surface area contributed by atoms with Gasteiger partial charge in [-0.25, -0.2) is 9.59 Å². The van der Waals surface area contributed by atoms with Crippen LogP contribution in [0.3, 0.4) is 0 Å². The first-order valence-electron chi connectivity index (χ1n) is 6.03. The van der Waals surface area contributed by atoms with E-state index in [1.807, 2.05) is 0 Å². The lowest BCUT2D eigenvalue weighted by molar-refractivity contribution is -0.135. The summed E-state index contributed by atoms with van der Waals surface area (Å²) in [7, 11) is 2.62. The molecule has 1 rings (SSSR count). The standard InChI is InChI=1S/C6H12.2C4H6O2/c1-2-4-6-5-3-1;2*1-3-4(5)6-2/h1-6H2;2*3H,1H2,2H3. The van der Waals surface area contributed by atoms with Crippen LogP contribution >= 0.6 is 0 Å². The lowest BCUT2D eigenvalue weighted by Gasteiger charge is -2.05. The molecule has 4 heteroatoms. The molecule has 1 aliphatic rings. The minimum absolute atomic E-state index is 0.394. The van der Waals surface area contributed by atoms with Crippen molar-refractivity contribution in [3.05, 3.63) is 25.3 Å². The van der Waals surface area contributed by atoms with Gasteiger partial charge in [0.05, 0.1) is 14.2 Å². The van der Waals surface area contributed by atoms with Crippen LogP contribution in [0.5, 0.6) is 0 Å². The smallest absolute Gasteiger partial charge is 0.329 e. The van der Waals surface area contributed by atoms with Gasteiger partial charge in [0, 0.05) is 12.2 Å². The van der Waals surface area contributed by atoms with Gasteiger partial charge in [-0.1, -0.05) is 51.7 Å². The molecule has 0 aromatic carbocycles. The summed E-state index contributed by atoms with van der Waals surface area (Å²) in [4.78, 5) is 19.7. The summed E-state index contributed by atoms with van der Waals surface area (Å²) >= 11 is 0. The Kier molecular flexibility index (Phi) is 16.1. The molecule has 4 nitrogen and oxygen atoms in total. The molecule has 0 aliphatic heterocycles. The van der Waals surface area contributed by atoms with Gasteiger partial charge in [0.1, 0.15) is 0 Å². The maximum absolute atomic E-state index is 9.84. The monoisotopic (exact) mass is 256 g/mol. The molecule has 0 saturated heterocycles. The molecule has 0 amide bonds. The third kappa shape index (κ3) is 16.8. The highest BCUT2D eigenvalue weighted by Crippen LogP contribution is 2.15. The fraction of sp³-hybridized carbons (Fsp3) is 0.571. The summed E-state index contributed by atoms with van der Waals surface area (Å²) in [6, 6.07) is 0. The second-order valence-electron chi connectivity index (χ2n) is 3.58. The highest BCUT2D eigenvalue weighted by Gasteiger charge is 1.95. The Balaban J connectivity index is 0. The zero-order valence-electron chi connectivity index (χ0n) is 11.4. The summed E-state index contributed by atoms with van der Waals surface area (Å²) in [6.45, 7) is 6.31. The van der Waals surface area contributed by atoms with Crippen LogP contribution in [0.4, 0.5) is 0 Å². The van der Waals surface area contributed by atoms with Crippen molar-refractivity contribution in [2.75, 3.05) is 14.2 Å². The molecule has 104 valence electrons. The maximum Gasteiger partial charge on any atom is 0.329 e. The van der Waals surface area contributed by atoms with E-state index in [0.717, 1.165) is 12.2 Å². The SMILES string of the molecule is C1CCCCC1.C=CC(=O)OC.C=CC(=O)OC. The fourth-order valence-electron chi connectivity index (χ4n) is 1.23. The number of carbonyl (C=O) groups excluding carboxylic acids is 2. The van der Waals surface area contributed by atoms with Crippen LogP contribution in [0.25, 0.3) is 0 Å². The van der Waals surface area contributed by atoms with Gasteiger partial charge in [-0.3, -0.25) is 0 Å². The molecule has 18 heavy (non-hydrogen) atoms. The molecule has 1 aliphatic carbocycles. The van der Waals surface area contributed by atoms with Crippen molar-refractivity contribution in [1.82, 2.24) is 0 Å². The zero-order valence-corrected chi connectivity index (χ0v) is 11.4. The van der Waals surface area contributed by atoms with Crippen LogP contribution in [0, 0.1) is 0 Å². The molecule has 0 radical (unpaired) electrons. The van der Waals surface area contributed by atoms with Gasteiger partial charge >= 0.3 is 11.9 Å². The summed E-state index contributed by atoms with van der Waals surface area (Å²) in [5.74, 6) is -0.787. The predicted octanol–water partition coefficient (Wildman–Crippen LogP) is 3.03. The first kappa shape index (κ1) is 18.8. The first-order chi connectivity index (χ1) is 8.62. The van der Waals surface area contributed by atoms with Crippen LogP contribution in [0.1, 0.15) is 38.5 Å². The summed E-state index contributed by atoms with van der Waals surface area (Å²) in [5.41, 5.74) is 0. The molecule has 0 aromatic heterocycles. The molecule has 0 N–H and O–H groups in total. The van der Waals surface area contributed by atoms with Crippen LogP contribution in [-0.2, 0) is 19.1 Å². The fourth-order valence-corrected chi connectivity index (χ4v) is 1.23. The van der Waals surface area contributed by atoms with Crippen molar-refractivity contribution >= 4 is 11.9 Å². The Morgan fingerprint density at radius 3 is 1.06 bits per heavy atom. The van der Waals surface area contributed by atoms with Gasteiger partial charge in [-0.05, 0) is 0 Å². The van der Waals surface area contributed by atoms with Gasteiger partial charge in [0.25, 0.3) is 0 Å². The third-order valence-corrected chi connectivity index (χ3v) is 2.24. The number of hydrogen-bond donors (Lipinski definition) is 0. The number of ether oxygens (including phenoxy) is 2. The van der Waals surface area contributed by atoms with Crippen LogP contribution in [0.2, 0.25) is 0 Å². The Hall–Kier alpha value is -1.58. The van der Waals surface area contributed by atoms with E-state index >= 15 is 0 Å². The van der Waals surface area contributed by atoms with Crippen LogP contribution < -0.4 is 0 Å². The average Bonchev–Trinajstić information content (AvgIpc) is 2.48. The summed E-state index contributed by atoms with van der Waals surface area (Å²) in [5, 5.41) is 0. The van der Waals surface area contributed by atoms with Crippen molar-refractivity contribution in [3.63, 3.8) is 0 Å². The minimum Gasteiger partial charge on any atom is -0.466 e. The molecule has 0 aromatic rings. The number of methoxy groups -OCH3 is 2.